The number of amides is 1. The standard InChI is InChI=1S/C19H15Cl2N3O/c1-12-5-2-3-7-16(12)23-14-9-13(10-22-11-14)19(25)24-17-8-4-6-15(20)18(17)21/h2-11,23H,1H3,(H,24,25). The van der Waals surface area contributed by atoms with Gasteiger partial charge in [-0.25, -0.2) is 0 Å². The molecule has 0 fully saturated rings. The van der Waals surface area contributed by atoms with E-state index >= 15 is 0 Å². The minimum Gasteiger partial charge on any atom is -0.354 e. The molecular weight excluding hydrogens is 357 g/mol. The molecule has 3 aromatic rings. The number of halogens is 2. The van der Waals surface area contributed by atoms with E-state index in [0.717, 1.165) is 16.9 Å². The van der Waals surface area contributed by atoms with Crippen LogP contribution in [0.1, 0.15) is 15.9 Å². The maximum absolute atomic E-state index is 12.5. The van der Waals surface area contributed by atoms with Gasteiger partial charge in [0.15, 0.2) is 0 Å². The first-order chi connectivity index (χ1) is 12.0. The molecule has 0 aliphatic carbocycles. The number of benzene rings is 2. The molecule has 1 heterocycles. The summed E-state index contributed by atoms with van der Waals surface area (Å²) in [6, 6.07) is 14.7. The van der Waals surface area contributed by atoms with Gasteiger partial charge in [-0.1, -0.05) is 47.5 Å². The Balaban J connectivity index is 1.80. The van der Waals surface area contributed by atoms with E-state index in [2.05, 4.69) is 15.6 Å². The number of rotatable bonds is 4. The number of hydrogen-bond acceptors (Lipinski definition) is 3. The van der Waals surface area contributed by atoms with Gasteiger partial charge in [0.2, 0.25) is 0 Å². The Morgan fingerprint density at radius 2 is 1.76 bits per heavy atom. The van der Waals surface area contributed by atoms with Crippen LogP contribution in [-0.4, -0.2) is 10.9 Å². The molecule has 4 nitrogen and oxygen atoms in total. The number of hydrogen-bond donors (Lipinski definition) is 2. The maximum atomic E-state index is 12.5. The lowest BCUT2D eigenvalue weighted by atomic mass is 10.2. The Morgan fingerprint density at radius 3 is 2.56 bits per heavy atom. The van der Waals surface area contributed by atoms with Gasteiger partial charge in [0, 0.05) is 11.9 Å². The highest BCUT2D eigenvalue weighted by Gasteiger charge is 2.11. The lowest BCUT2D eigenvalue weighted by Gasteiger charge is -2.11. The van der Waals surface area contributed by atoms with Crippen molar-refractivity contribution in [3.05, 3.63) is 82.1 Å². The second kappa shape index (κ2) is 7.55. The summed E-state index contributed by atoms with van der Waals surface area (Å²) in [7, 11) is 0. The fourth-order valence-corrected chi connectivity index (χ4v) is 2.64. The van der Waals surface area contributed by atoms with Crippen molar-refractivity contribution in [2.24, 2.45) is 0 Å². The van der Waals surface area contributed by atoms with Crippen molar-refractivity contribution in [2.45, 2.75) is 6.92 Å². The third-order valence-electron chi connectivity index (χ3n) is 3.62. The van der Waals surface area contributed by atoms with Crippen LogP contribution in [0, 0.1) is 6.92 Å². The van der Waals surface area contributed by atoms with Crippen LogP contribution in [0.15, 0.2) is 60.9 Å². The predicted molar refractivity (Wildman–Crippen MR) is 103 cm³/mol. The third-order valence-corrected chi connectivity index (χ3v) is 4.44. The molecule has 0 bridgehead atoms. The summed E-state index contributed by atoms with van der Waals surface area (Å²) in [6.45, 7) is 2.01. The van der Waals surface area contributed by atoms with Gasteiger partial charge in [-0.15, -0.1) is 0 Å². The quantitative estimate of drug-likeness (QED) is 0.618. The first kappa shape index (κ1) is 17.3. The molecule has 0 saturated carbocycles. The molecule has 0 spiro atoms. The number of anilines is 3. The SMILES string of the molecule is Cc1ccccc1Nc1cncc(C(=O)Nc2cccc(Cl)c2Cl)c1. The number of aryl methyl sites for hydroxylation is 1. The van der Waals surface area contributed by atoms with Gasteiger partial charge >= 0.3 is 0 Å². The molecule has 6 heteroatoms. The van der Waals surface area contributed by atoms with Gasteiger partial charge < -0.3 is 10.6 Å². The summed E-state index contributed by atoms with van der Waals surface area (Å²) in [5.41, 5.74) is 3.65. The maximum Gasteiger partial charge on any atom is 0.257 e. The number of nitrogens with zero attached hydrogens (tertiary/aromatic N) is 1. The van der Waals surface area contributed by atoms with Crippen molar-refractivity contribution in [3.63, 3.8) is 0 Å². The number of carbonyl (C=O) groups excluding carboxylic acids is 1. The normalized spacial score (nSPS) is 10.4. The molecule has 1 amide bonds. The van der Waals surface area contributed by atoms with Crippen LogP contribution >= 0.6 is 23.2 Å². The highest BCUT2D eigenvalue weighted by molar-refractivity contribution is 6.44. The molecule has 0 unspecified atom stereocenters. The zero-order chi connectivity index (χ0) is 17.8. The highest BCUT2D eigenvalue weighted by atomic mass is 35.5. The lowest BCUT2D eigenvalue weighted by Crippen LogP contribution is -2.13. The molecule has 0 radical (unpaired) electrons. The van der Waals surface area contributed by atoms with Crippen LogP contribution in [0.25, 0.3) is 0 Å². The summed E-state index contributed by atoms with van der Waals surface area (Å²) < 4.78 is 0. The lowest BCUT2D eigenvalue weighted by molar-refractivity contribution is 0.102. The molecule has 2 aromatic carbocycles. The molecule has 2 N–H and O–H groups in total. The van der Waals surface area contributed by atoms with Crippen LogP contribution in [-0.2, 0) is 0 Å². The van der Waals surface area contributed by atoms with E-state index in [1.54, 1.807) is 30.5 Å². The van der Waals surface area contributed by atoms with Gasteiger partial charge in [0.05, 0.1) is 33.2 Å². The number of para-hydroxylation sites is 1. The highest BCUT2D eigenvalue weighted by Crippen LogP contribution is 2.30. The number of aromatic nitrogens is 1. The van der Waals surface area contributed by atoms with Crippen molar-refractivity contribution in [2.75, 3.05) is 10.6 Å². The monoisotopic (exact) mass is 371 g/mol. The molecule has 0 aliphatic heterocycles. The second-order valence-corrected chi connectivity index (χ2v) is 6.24. The summed E-state index contributed by atoms with van der Waals surface area (Å²) in [6.07, 6.45) is 3.16. The van der Waals surface area contributed by atoms with E-state index in [4.69, 9.17) is 23.2 Å². The summed E-state index contributed by atoms with van der Waals surface area (Å²) in [5.74, 6) is -0.315. The van der Waals surface area contributed by atoms with Crippen LogP contribution in [0.5, 0.6) is 0 Å². The van der Waals surface area contributed by atoms with E-state index < -0.39 is 0 Å². The van der Waals surface area contributed by atoms with E-state index in [1.807, 2.05) is 31.2 Å². The Kier molecular flexibility index (Phi) is 5.22. The Labute approximate surface area is 155 Å². The Hall–Kier alpha value is -2.56. The molecule has 126 valence electrons. The summed E-state index contributed by atoms with van der Waals surface area (Å²) >= 11 is 12.1. The molecule has 3 rings (SSSR count). The molecule has 0 saturated heterocycles. The first-order valence-electron chi connectivity index (χ1n) is 7.57. The molecule has 1 aromatic heterocycles. The molecule has 25 heavy (non-hydrogen) atoms. The van der Waals surface area contributed by atoms with Crippen molar-refractivity contribution < 1.29 is 4.79 Å². The van der Waals surface area contributed by atoms with Crippen LogP contribution in [0.3, 0.4) is 0 Å². The zero-order valence-electron chi connectivity index (χ0n) is 13.4. The average Bonchev–Trinajstić information content (AvgIpc) is 2.61. The minimum absolute atomic E-state index is 0.305. The Morgan fingerprint density at radius 1 is 1.00 bits per heavy atom. The van der Waals surface area contributed by atoms with Crippen LogP contribution in [0.2, 0.25) is 10.0 Å². The van der Waals surface area contributed by atoms with Crippen LogP contribution < -0.4 is 10.6 Å². The molecular formula is C19H15Cl2N3O. The van der Waals surface area contributed by atoms with E-state index in [0.29, 0.717) is 21.3 Å². The third kappa shape index (κ3) is 4.10. The Bertz CT molecular complexity index is 928. The predicted octanol–water partition coefficient (Wildman–Crippen LogP) is 5.69. The number of nitrogens with one attached hydrogen (secondary N) is 2. The second-order valence-electron chi connectivity index (χ2n) is 5.46. The van der Waals surface area contributed by atoms with Crippen molar-refractivity contribution >= 4 is 46.2 Å². The van der Waals surface area contributed by atoms with Gasteiger partial charge in [-0.05, 0) is 36.8 Å². The number of carbonyl (C=O) groups is 1. The fourth-order valence-electron chi connectivity index (χ4n) is 2.30. The van der Waals surface area contributed by atoms with Gasteiger partial charge in [-0.2, -0.15) is 0 Å². The molecule has 0 aliphatic rings. The topological polar surface area (TPSA) is 54.0 Å². The number of pyridine rings is 1. The van der Waals surface area contributed by atoms with Gasteiger partial charge in [-0.3, -0.25) is 9.78 Å². The van der Waals surface area contributed by atoms with Crippen molar-refractivity contribution in [3.8, 4) is 0 Å². The van der Waals surface area contributed by atoms with Crippen molar-refractivity contribution in [1.82, 2.24) is 4.98 Å². The average molecular weight is 372 g/mol. The smallest absolute Gasteiger partial charge is 0.257 e. The summed E-state index contributed by atoms with van der Waals surface area (Å²) in [5, 5.41) is 6.70. The molecule has 0 atom stereocenters. The summed E-state index contributed by atoms with van der Waals surface area (Å²) in [4.78, 5) is 16.6. The van der Waals surface area contributed by atoms with Crippen LogP contribution in [0.4, 0.5) is 17.1 Å². The largest absolute Gasteiger partial charge is 0.354 e. The van der Waals surface area contributed by atoms with E-state index in [1.165, 1.54) is 6.20 Å². The first-order valence-corrected chi connectivity index (χ1v) is 8.33. The van der Waals surface area contributed by atoms with Crippen molar-refractivity contribution in [1.29, 1.82) is 0 Å². The zero-order valence-corrected chi connectivity index (χ0v) is 14.9. The minimum atomic E-state index is -0.315. The van der Waals surface area contributed by atoms with Gasteiger partial charge in [0.1, 0.15) is 0 Å². The van der Waals surface area contributed by atoms with E-state index in [9.17, 15) is 4.79 Å². The van der Waals surface area contributed by atoms with Gasteiger partial charge in [0.25, 0.3) is 5.91 Å². The van der Waals surface area contributed by atoms with E-state index in [-0.39, 0.29) is 5.91 Å². The fraction of sp³-hybridized carbons (Fsp3) is 0.0526.